The Labute approximate surface area is 109 Å². The van der Waals surface area contributed by atoms with Crippen LogP contribution in [0.3, 0.4) is 0 Å². The van der Waals surface area contributed by atoms with Crippen LogP contribution >= 0.6 is 0 Å². The Morgan fingerprint density at radius 3 is 2.56 bits per heavy atom. The molecule has 1 aliphatic carbocycles. The highest BCUT2D eigenvalue weighted by Crippen LogP contribution is 2.50. The van der Waals surface area contributed by atoms with Crippen molar-refractivity contribution in [1.82, 2.24) is 10.2 Å². The zero-order chi connectivity index (χ0) is 13.4. The molecule has 1 saturated carbocycles. The molecule has 0 aromatic heterocycles. The van der Waals surface area contributed by atoms with Crippen molar-refractivity contribution in [3.05, 3.63) is 0 Å². The smallest absolute Gasteiger partial charge is 0.234 e. The van der Waals surface area contributed by atoms with Gasteiger partial charge >= 0.3 is 0 Å². The van der Waals surface area contributed by atoms with Gasteiger partial charge in [0.05, 0.1) is 6.54 Å². The van der Waals surface area contributed by atoms with Crippen LogP contribution in [-0.2, 0) is 9.59 Å². The van der Waals surface area contributed by atoms with Gasteiger partial charge in [0.2, 0.25) is 5.91 Å². The monoisotopic (exact) mass is 252 g/mol. The maximum atomic E-state index is 11.8. The second kappa shape index (κ2) is 4.65. The molecule has 102 valence electrons. The number of nitrogens with one attached hydrogen (secondary N) is 1. The second-order valence-electron chi connectivity index (χ2n) is 6.74. The summed E-state index contributed by atoms with van der Waals surface area (Å²) in [5, 5.41) is 3.05. The molecular formula is C14H24N2O2. The van der Waals surface area contributed by atoms with Gasteiger partial charge in [0.25, 0.3) is 0 Å². The van der Waals surface area contributed by atoms with E-state index in [1.165, 1.54) is 0 Å². The van der Waals surface area contributed by atoms with Gasteiger partial charge in [-0.05, 0) is 38.5 Å². The van der Waals surface area contributed by atoms with E-state index >= 15 is 0 Å². The average molecular weight is 252 g/mol. The zero-order valence-electron chi connectivity index (χ0n) is 11.7. The van der Waals surface area contributed by atoms with Crippen LogP contribution in [0.1, 0.15) is 40.0 Å². The first kappa shape index (κ1) is 13.5. The van der Waals surface area contributed by atoms with Crippen LogP contribution in [-0.4, -0.2) is 42.3 Å². The largest absolute Gasteiger partial charge is 0.350 e. The molecule has 1 amide bonds. The molecule has 4 heteroatoms. The van der Waals surface area contributed by atoms with Crippen molar-refractivity contribution in [2.45, 2.75) is 45.6 Å². The summed E-state index contributed by atoms with van der Waals surface area (Å²) in [6, 6.07) is 0. The van der Waals surface area contributed by atoms with E-state index in [0.717, 1.165) is 38.6 Å². The van der Waals surface area contributed by atoms with Crippen LogP contribution in [0.4, 0.5) is 0 Å². The van der Waals surface area contributed by atoms with Gasteiger partial charge in [-0.3, -0.25) is 9.69 Å². The van der Waals surface area contributed by atoms with Crippen molar-refractivity contribution in [3.63, 3.8) is 0 Å². The Kier molecular flexibility index (Phi) is 3.49. The number of carbonyl (C=O) groups excluding carboxylic acids is 2. The van der Waals surface area contributed by atoms with Gasteiger partial charge in [-0.1, -0.05) is 6.92 Å². The first-order valence-corrected chi connectivity index (χ1v) is 6.87. The lowest BCUT2D eigenvalue weighted by molar-refractivity contribution is -0.139. The number of carbonyl (C=O) groups is 2. The number of amides is 1. The number of nitrogens with zero attached hydrogens (tertiary/aromatic N) is 1. The first-order valence-electron chi connectivity index (χ1n) is 6.87. The van der Waals surface area contributed by atoms with Crippen LogP contribution < -0.4 is 5.32 Å². The quantitative estimate of drug-likeness (QED) is 0.748. The lowest BCUT2D eigenvalue weighted by Gasteiger charge is -2.58. The standard InChI is InChI=1S/C14H24N2O2/c1-4-13(2,3)15-12(18)7-16-9-14(10-16)5-11(6-14)8-17/h8,11H,4-7,9-10H2,1-3H3,(H,15,18). The van der Waals surface area contributed by atoms with Crippen LogP contribution in [0.25, 0.3) is 0 Å². The molecule has 2 aliphatic rings. The Hall–Kier alpha value is -0.900. The van der Waals surface area contributed by atoms with E-state index in [0.29, 0.717) is 12.0 Å². The van der Waals surface area contributed by atoms with Crippen LogP contribution in [0.2, 0.25) is 0 Å². The number of aldehydes is 1. The summed E-state index contributed by atoms with van der Waals surface area (Å²) in [6.07, 6.45) is 4.05. The molecule has 4 nitrogen and oxygen atoms in total. The normalized spacial score (nSPS) is 23.3. The minimum absolute atomic E-state index is 0.112. The minimum atomic E-state index is -0.112. The Morgan fingerprint density at radius 2 is 2.06 bits per heavy atom. The molecule has 0 aromatic carbocycles. The molecule has 1 saturated heterocycles. The summed E-state index contributed by atoms with van der Waals surface area (Å²) in [4.78, 5) is 24.6. The van der Waals surface area contributed by atoms with Gasteiger partial charge in [0.15, 0.2) is 0 Å². The third-order valence-corrected chi connectivity index (χ3v) is 4.43. The van der Waals surface area contributed by atoms with Crippen molar-refractivity contribution >= 4 is 12.2 Å². The number of rotatable bonds is 5. The van der Waals surface area contributed by atoms with Crippen LogP contribution in [0, 0.1) is 11.3 Å². The van der Waals surface area contributed by atoms with Gasteiger partial charge in [0.1, 0.15) is 6.29 Å². The third-order valence-electron chi connectivity index (χ3n) is 4.43. The predicted octanol–water partition coefficient (Wildman–Crippen LogP) is 1.20. The molecule has 1 heterocycles. The second-order valence-corrected chi connectivity index (χ2v) is 6.74. The summed E-state index contributed by atoms with van der Waals surface area (Å²) >= 11 is 0. The van der Waals surface area contributed by atoms with Gasteiger partial charge in [-0.25, -0.2) is 0 Å². The fourth-order valence-corrected chi connectivity index (χ4v) is 3.13. The van der Waals surface area contributed by atoms with E-state index in [2.05, 4.69) is 17.1 Å². The van der Waals surface area contributed by atoms with Gasteiger partial charge < -0.3 is 10.1 Å². The lowest BCUT2D eigenvalue weighted by atomic mass is 9.58. The topological polar surface area (TPSA) is 49.4 Å². The number of likely N-dealkylation sites (tertiary alicyclic amines) is 1. The lowest BCUT2D eigenvalue weighted by Crippen LogP contribution is -2.64. The van der Waals surface area contributed by atoms with E-state index in [-0.39, 0.29) is 17.4 Å². The molecule has 2 fully saturated rings. The summed E-state index contributed by atoms with van der Waals surface area (Å²) in [6.45, 7) is 8.63. The van der Waals surface area contributed by atoms with E-state index < -0.39 is 0 Å². The van der Waals surface area contributed by atoms with Gasteiger partial charge in [-0.15, -0.1) is 0 Å². The molecule has 0 bridgehead atoms. The summed E-state index contributed by atoms with van der Waals surface area (Å²) in [5.74, 6) is 0.392. The highest BCUT2D eigenvalue weighted by molar-refractivity contribution is 5.79. The molecule has 2 rings (SSSR count). The average Bonchev–Trinajstić information content (AvgIpc) is 2.19. The molecule has 1 aliphatic heterocycles. The zero-order valence-corrected chi connectivity index (χ0v) is 11.7. The fraction of sp³-hybridized carbons (Fsp3) is 0.857. The molecule has 1 N–H and O–H groups in total. The molecule has 0 radical (unpaired) electrons. The Morgan fingerprint density at radius 1 is 1.44 bits per heavy atom. The SMILES string of the molecule is CCC(C)(C)NC(=O)CN1CC2(CC(C=O)C2)C1. The number of hydrogen-bond acceptors (Lipinski definition) is 3. The number of hydrogen-bond donors (Lipinski definition) is 1. The van der Waals surface area contributed by atoms with Crippen LogP contribution in [0.15, 0.2) is 0 Å². The van der Waals surface area contributed by atoms with Crippen molar-refractivity contribution < 1.29 is 9.59 Å². The molecule has 1 spiro atoms. The summed E-state index contributed by atoms with van der Waals surface area (Å²) in [5.41, 5.74) is 0.255. The third kappa shape index (κ3) is 2.74. The van der Waals surface area contributed by atoms with Crippen molar-refractivity contribution in [2.75, 3.05) is 19.6 Å². The first-order chi connectivity index (χ1) is 8.38. The van der Waals surface area contributed by atoms with Crippen molar-refractivity contribution in [3.8, 4) is 0 Å². The van der Waals surface area contributed by atoms with E-state index in [1.807, 2.05) is 13.8 Å². The molecule has 18 heavy (non-hydrogen) atoms. The maximum Gasteiger partial charge on any atom is 0.234 e. The molecule has 0 aromatic rings. The van der Waals surface area contributed by atoms with Gasteiger partial charge in [0, 0.05) is 24.5 Å². The summed E-state index contributed by atoms with van der Waals surface area (Å²) < 4.78 is 0. The predicted molar refractivity (Wildman–Crippen MR) is 70.2 cm³/mol. The Balaban J connectivity index is 1.68. The Bertz CT molecular complexity index is 338. The minimum Gasteiger partial charge on any atom is -0.350 e. The molecule has 0 unspecified atom stereocenters. The molecule has 0 atom stereocenters. The van der Waals surface area contributed by atoms with E-state index in [1.54, 1.807) is 0 Å². The molecular weight excluding hydrogens is 228 g/mol. The van der Waals surface area contributed by atoms with Crippen molar-refractivity contribution in [1.29, 1.82) is 0 Å². The fourth-order valence-electron chi connectivity index (χ4n) is 3.13. The highest BCUT2D eigenvalue weighted by atomic mass is 16.2. The maximum absolute atomic E-state index is 11.8. The van der Waals surface area contributed by atoms with Crippen LogP contribution in [0.5, 0.6) is 0 Å². The van der Waals surface area contributed by atoms with Crippen molar-refractivity contribution in [2.24, 2.45) is 11.3 Å². The van der Waals surface area contributed by atoms with E-state index in [4.69, 9.17) is 0 Å². The summed E-state index contributed by atoms with van der Waals surface area (Å²) in [7, 11) is 0. The highest BCUT2D eigenvalue weighted by Gasteiger charge is 2.52. The van der Waals surface area contributed by atoms with Gasteiger partial charge in [-0.2, -0.15) is 0 Å². The van der Waals surface area contributed by atoms with E-state index in [9.17, 15) is 9.59 Å².